The van der Waals surface area contributed by atoms with Crippen LogP contribution in [0.1, 0.15) is 33.6 Å². The Labute approximate surface area is 139 Å². The van der Waals surface area contributed by atoms with Gasteiger partial charge in [-0.1, -0.05) is 0 Å². The van der Waals surface area contributed by atoms with Crippen molar-refractivity contribution in [1.29, 1.82) is 0 Å². The van der Waals surface area contributed by atoms with Crippen molar-refractivity contribution >= 4 is 28.7 Å². The summed E-state index contributed by atoms with van der Waals surface area (Å²) < 4.78 is 7.26. The summed E-state index contributed by atoms with van der Waals surface area (Å²) >= 11 is 5.87. The number of aromatic nitrogens is 4. The second-order valence-electron chi connectivity index (χ2n) is 6.71. The van der Waals surface area contributed by atoms with Crippen LogP contribution in [-0.4, -0.2) is 48.9 Å². The molecule has 1 amide bonds. The van der Waals surface area contributed by atoms with Gasteiger partial charge in [-0.3, -0.25) is 0 Å². The summed E-state index contributed by atoms with van der Waals surface area (Å²) in [5.41, 5.74) is 0.185. The van der Waals surface area contributed by atoms with Gasteiger partial charge in [-0.2, -0.15) is 10.1 Å². The first kappa shape index (κ1) is 16.0. The molecule has 0 spiro atoms. The van der Waals surface area contributed by atoms with Crippen molar-refractivity contribution in [2.24, 2.45) is 0 Å². The highest BCUT2D eigenvalue weighted by atomic mass is 35.5. The van der Waals surface area contributed by atoms with Crippen LogP contribution in [0, 0.1) is 0 Å². The van der Waals surface area contributed by atoms with Crippen LogP contribution in [0.5, 0.6) is 0 Å². The summed E-state index contributed by atoms with van der Waals surface area (Å²) in [6, 6.07) is 0.0432. The fourth-order valence-corrected chi connectivity index (χ4v) is 2.89. The number of amides is 1. The van der Waals surface area contributed by atoms with Gasteiger partial charge in [0.05, 0.1) is 24.2 Å². The van der Waals surface area contributed by atoms with Gasteiger partial charge in [0.2, 0.25) is 5.28 Å². The monoisotopic (exact) mass is 337 g/mol. The molecule has 0 aromatic carbocycles. The molecular formula is C15H20ClN5O2. The van der Waals surface area contributed by atoms with E-state index in [9.17, 15) is 4.79 Å². The summed E-state index contributed by atoms with van der Waals surface area (Å²) in [6.45, 7) is 6.88. The third-order valence-electron chi connectivity index (χ3n) is 3.74. The third kappa shape index (κ3) is 3.55. The molecule has 0 N–H and O–H groups in total. The fraction of sp³-hybridized carbons (Fsp3) is 0.600. The Morgan fingerprint density at radius 1 is 1.43 bits per heavy atom. The van der Waals surface area contributed by atoms with E-state index >= 15 is 0 Å². The van der Waals surface area contributed by atoms with Crippen LogP contribution in [0.15, 0.2) is 12.4 Å². The highest BCUT2D eigenvalue weighted by Crippen LogP contribution is 2.23. The number of carbonyl (C=O) groups is 1. The maximum Gasteiger partial charge on any atom is 0.410 e. The van der Waals surface area contributed by atoms with Crippen molar-refractivity contribution in [2.45, 2.75) is 51.8 Å². The number of nitrogens with zero attached hydrogens (tertiary/aromatic N) is 5. The number of hydrogen-bond acceptors (Lipinski definition) is 5. The van der Waals surface area contributed by atoms with Gasteiger partial charge in [0.25, 0.3) is 0 Å². The molecule has 2 aromatic rings. The Hall–Kier alpha value is -1.89. The lowest BCUT2D eigenvalue weighted by atomic mass is 10.2. The molecule has 3 rings (SSSR count). The van der Waals surface area contributed by atoms with E-state index in [1.807, 2.05) is 20.8 Å². The van der Waals surface area contributed by atoms with Crippen LogP contribution in [-0.2, 0) is 11.3 Å². The zero-order valence-electron chi connectivity index (χ0n) is 13.5. The lowest BCUT2D eigenvalue weighted by molar-refractivity contribution is 0.0212. The fourth-order valence-electron chi connectivity index (χ4n) is 2.77. The number of rotatable bonds is 2. The standard InChI is InChI=1S/C15H20ClN5O2/c1-15(2,3)23-14(22)20-6-4-5-11(20)9-21-12-10(8-18-21)7-17-13(16)19-12/h7-8,11H,4-6,9H2,1-3H3/t11-/m1/s1. The van der Waals surface area contributed by atoms with E-state index in [-0.39, 0.29) is 17.4 Å². The van der Waals surface area contributed by atoms with Gasteiger partial charge in [-0.25, -0.2) is 14.5 Å². The normalized spacial score (nSPS) is 18.6. The van der Waals surface area contributed by atoms with Crippen LogP contribution in [0.2, 0.25) is 5.28 Å². The minimum atomic E-state index is -0.497. The summed E-state index contributed by atoms with van der Waals surface area (Å²) in [5, 5.41) is 5.36. The van der Waals surface area contributed by atoms with Crippen LogP contribution in [0.25, 0.3) is 11.0 Å². The first-order valence-electron chi connectivity index (χ1n) is 7.67. The zero-order chi connectivity index (χ0) is 16.6. The van der Waals surface area contributed by atoms with Crippen LogP contribution in [0.3, 0.4) is 0 Å². The van der Waals surface area contributed by atoms with Crippen LogP contribution >= 0.6 is 11.6 Å². The average Bonchev–Trinajstić information content (AvgIpc) is 3.05. The molecule has 8 heteroatoms. The molecule has 124 valence electrons. The summed E-state index contributed by atoms with van der Waals surface area (Å²) in [7, 11) is 0. The van der Waals surface area contributed by atoms with Crippen molar-refractivity contribution in [3.05, 3.63) is 17.7 Å². The van der Waals surface area contributed by atoms with Gasteiger partial charge in [0.1, 0.15) is 5.60 Å². The molecule has 0 radical (unpaired) electrons. The van der Waals surface area contributed by atoms with Crippen molar-refractivity contribution in [1.82, 2.24) is 24.6 Å². The number of ether oxygens (including phenoxy) is 1. The molecule has 2 aromatic heterocycles. The molecule has 1 atom stereocenters. The van der Waals surface area contributed by atoms with E-state index in [0.29, 0.717) is 18.7 Å². The molecule has 7 nitrogen and oxygen atoms in total. The SMILES string of the molecule is CC(C)(C)OC(=O)N1CCC[C@@H]1Cn1ncc2cnc(Cl)nc21. The second-order valence-corrected chi connectivity index (χ2v) is 7.05. The Morgan fingerprint density at radius 3 is 2.96 bits per heavy atom. The quantitative estimate of drug-likeness (QED) is 0.788. The van der Waals surface area contributed by atoms with E-state index in [1.165, 1.54) is 0 Å². The number of halogens is 1. The van der Waals surface area contributed by atoms with Gasteiger partial charge in [0, 0.05) is 12.7 Å². The molecule has 1 aliphatic heterocycles. The summed E-state index contributed by atoms with van der Waals surface area (Å²) in [4.78, 5) is 22.3. The highest BCUT2D eigenvalue weighted by molar-refractivity contribution is 6.28. The number of carbonyl (C=O) groups excluding carboxylic acids is 1. The molecule has 0 aliphatic carbocycles. The number of hydrogen-bond donors (Lipinski definition) is 0. The molecule has 0 bridgehead atoms. The first-order valence-corrected chi connectivity index (χ1v) is 8.05. The lowest BCUT2D eigenvalue weighted by Gasteiger charge is -2.28. The van der Waals surface area contributed by atoms with Crippen molar-refractivity contribution in [2.75, 3.05) is 6.54 Å². The lowest BCUT2D eigenvalue weighted by Crippen LogP contribution is -2.41. The molecule has 1 aliphatic rings. The maximum atomic E-state index is 12.3. The molecule has 23 heavy (non-hydrogen) atoms. The Kier molecular flexibility index (Phi) is 4.14. The van der Waals surface area contributed by atoms with Gasteiger partial charge < -0.3 is 9.64 Å². The minimum absolute atomic E-state index is 0.0432. The van der Waals surface area contributed by atoms with Crippen molar-refractivity contribution in [3.8, 4) is 0 Å². The number of fused-ring (bicyclic) bond motifs is 1. The molecule has 0 unspecified atom stereocenters. The minimum Gasteiger partial charge on any atom is -0.444 e. The Morgan fingerprint density at radius 2 is 2.22 bits per heavy atom. The Bertz CT molecular complexity index is 724. The van der Waals surface area contributed by atoms with Gasteiger partial charge in [-0.15, -0.1) is 0 Å². The smallest absolute Gasteiger partial charge is 0.410 e. The summed E-state index contributed by atoms with van der Waals surface area (Å²) in [6.07, 6.45) is 4.95. The van der Waals surface area contributed by atoms with Crippen LogP contribution < -0.4 is 0 Å². The molecule has 1 fully saturated rings. The van der Waals surface area contributed by atoms with E-state index in [0.717, 1.165) is 18.2 Å². The average molecular weight is 338 g/mol. The van der Waals surface area contributed by atoms with Gasteiger partial charge in [0.15, 0.2) is 5.65 Å². The largest absolute Gasteiger partial charge is 0.444 e. The molecule has 3 heterocycles. The first-order chi connectivity index (χ1) is 10.8. The van der Waals surface area contributed by atoms with E-state index < -0.39 is 5.60 Å². The number of likely N-dealkylation sites (tertiary alicyclic amines) is 1. The zero-order valence-corrected chi connectivity index (χ0v) is 14.2. The van der Waals surface area contributed by atoms with E-state index in [4.69, 9.17) is 16.3 Å². The molecule has 0 saturated carbocycles. The Balaban J connectivity index is 1.78. The topological polar surface area (TPSA) is 73.1 Å². The van der Waals surface area contributed by atoms with Gasteiger partial charge in [-0.05, 0) is 45.2 Å². The van der Waals surface area contributed by atoms with Crippen molar-refractivity contribution in [3.63, 3.8) is 0 Å². The highest BCUT2D eigenvalue weighted by Gasteiger charge is 2.32. The van der Waals surface area contributed by atoms with Gasteiger partial charge >= 0.3 is 6.09 Å². The maximum absolute atomic E-state index is 12.3. The van der Waals surface area contributed by atoms with E-state index in [2.05, 4.69) is 15.1 Å². The third-order valence-corrected chi connectivity index (χ3v) is 3.92. The summed E-state index contributed by atoms with van der Waals surface area (Å²) in [5.74, 6) is 0. The predicted octanol–water partition coefficient (Wildman–Crippen LogP) is 2.88. The molecular weight excluding hydrogens is 318 g/mol. The second kappa shape index (κ2) is 5.96. The molecule has 1 saturated heterocycles. The van der Waals surface area contributed by atoms with Crippen molar-refractivity contribution < 1.29 is 9.53 Å². The van der Waals surface area contributed by atoms with E-state index in [1.54, 1.807) is 22.0 Å². The predicted molar refractivity (Wildman–Crippen MR) is 86.3 cm³/mol. The van der Waals surface area contributed by atoms with Crippen LogP contribution in [0.4, 0.5) is 4.79 Å².